The number of aromatic nitrogens is 1. The lowest BCUT2D eigenvalue weighted by Gasteiger charge is -2.33. The second-order valence-electron chi connectivity index (χ2n) is 11.4. The minimum atomic E-state index is -1.50. The van der Waals surface area contributed by atoms with E-state index in [0.717, 1.165) is 25.7 Å². The molecule has 9 heteroatoms. The normalized spacial score (nSPS) is 20.2. The molecule has 2 saturated carbocycles. The zero-order valence-corrected chi connectivity index (χ0v) is 22.4. The molecule has 0 bridgehead atoms. The molecule has 1 aromatic heterocycles. The molecule has 0 amide bonds. The molecule has 3 aliphatic rings. The Balaban J connectivity index is 1.45. The predicted molar refractivity (Wildman–Crippen MR) is 148 cm³/mol. The number of fused-ring (bicyclic) bond motifs is 1. The fourth-order valence-electron chi connectivity index (χ4n) is 5.04. The highest BCUT2D eigenvalue weighted by Gasteiger charge is 2.52. The summed E-state index contributed by atoms with van der Waals surface area (Å²) in [4.78, 5) is 4.49. The number of rotatable bonds is 7. The average molecular weight is 533 g/mol. The number of halogens is 2. The number of benzene rings is 2. The summed E-state index contributed by atoms with van der Waals surface area (Å²) in [6.07, 6.45) is 7.60. The van der Waals surface area contributed by atoms with Gasteiger partial charge in [-0.05, 0) is 60.9 Å². The van der Waals surface area contributed by atoms with Crippen LogP contribution in [0.15, 0.2) is 54.5 Å². The van der Waals surface area contributed by atoms with Crippen molar-refractivity contribution < 1.29 is 5.76 Å². The van der Waals surface area contributed by atoms with Gasteiger partial charge in [0.15, 0.2) is 0 Å². The van der Waals surface area contributed by atoms with Crippen molar-refractivity contribution in [3.05, 3.63) is 76.5 Å². The largest absolute Gasteiger partial charge is 0.377 e. The first-order valence-corrected chi connectivity index (χ1v) is 13.3. The smallest absolute Gasteiger partial charge is 0.123 e. The Hall–Kier alpha value is -3.54. The fraction of sp³-hybridized carbons (Fsp3) is 0.379. The summed E-state index contributed by atoms with van der Waals surface area (Å²) in [6, 6.07) is 10.7. The maximum absolute atomic E-state index is 13.8. The molecule has 4 N–H and O–H groups in total. The Bertz CT molecular complexity index is 1520. The SMILES string of the molecule is [2H][C@@](Nc1cc(Cl)c2ncc(C#N)c(NC3(C(C)(C)C)CC3)c2c1)(C1=CN(C2CC2)NN1)c1ccc(F)cc1. The van der Waals surface area contributed by atoms with Crippen molar-refractivity contribution in [2.75, 3.05) is 10.6 Å². The summed E-state index contributed by atoms with van der Waals surface area (Å²) in [7, 11) is 0. The van der Waals surface area contributed by atoms with Crippen LogP contribution < -0.4 is 21.6 Å². The molecule has 0 unspecified atom stereocenters. The van der Waals surface area contributed by atoms with Gasteiger partial charge in [0.2, 0.25) is 0 Å². The van der Waals surface area contributed by atoms with Crippen molar-refractivity contribution in [3.63, 3.8) is 0 Å². The lowest BCUT2D eigenvalue weighted by atomic mass is 9.83. The van der Waals surface area contributed by atoms with E-state index >= 15 is 0 Å². The van der Waals surface area contributed by atoms with Gasteiger partial charge in [0.1, 0.15) is 11.9 Å². The third-order valence-corrected chi connectivity index (χ3v) is 8.08. The minimum absolute atomic E-state index is 0.0189. The summed E-state index contributed by atoms with van der Waals surface area (Å²) < 4.78 is 23.4. The van der Waals surface area contributed by atoms with Gasteiger partial charge >= 0.3 is 0 Å². The standard InChI is InChI=1S/C29H31ClFN7/c1-28(2,3)29(10-11-29)35-25-18(14-32)15-33-27-22(25)12-20(13-23(27)30)34-26(17-4-6-19(31)7-5-17)24-16-38(37-36-24)21-8-9-21/h4-7,12-13,15-16,21,26,34,36-37H,8-11H2,1-3H3,(H,33,35)/t26-/m0/s1/i26D. The molecular weight excluding hydrogens is 501 g/mol. The molecule has 38 heavy (non-hydrogen) atoms. The van der Waals surface area contributed by atoms with Crippen LogP contribution >= 0.6 is 11.6 Å². The Morgan fingerprint density at radius 2 is 2.00 bits per heavy atom. The molecule has 0 saturated heterocycles. The van der Waals surface area contributed by atoms with E-state index in [1.807, 2.05) is 17.3 Å². The van der Waals surface area contributed by atoms with Crippen LogP contribution in [-0.2, 0) is 0 Å². The fourth-order valence-corrected chi connectivity index (χ4v) is 5.31. The van der Waals surface area contributed by atoms with Gasteiger partial charge in [-0.15, -0.1) is 5.53 Å². The van der Waals surface area contributed by atoms with Gasteiger partial charge in [0, 0.05) is 35.1 Å². The quantitative estimate of drug-likeness (QED) is 0.281. The van der Waals surface area contributed by atoms with E-state index in [1.54, 1.807) is 24.4 Å². The lowest BCUT2D eigenvalue weighted by molar-refractivity contribution is 0.260. The van der Waals surface area contributed by atoms with Crippen LogP contribution in [0.1, 0.15) is 65.0 Å². The summed E-state index contributed by atoms with van der Waals surface area (Å²) in [5.74, 6) is -0.375. The summed E-state index contributed by atoms with van der Waals surface area (Å²) >= 11 is 6.76. The third-order valence-electron chi connectivity index (χ3n) is 7.79. The molecule has 3 aromatic rings. The van der Waals surface area contributed by atoms with Crippen LogP contribution in [0, 0.1) is 22.6 Å². The number of hydrogen-bond acceptors (Lipinski definition) is 7. The number of hydrazine groups is 2. The van der Waals surface area contributed by atoms with Crippen molar-refractivity contribution in [3.8, 4) is 6.07 Å². The Morgan fingerprint density at radius 3 is 2.63 bits per heavy atom. The Morgan fingerprint density at radius 1 is 1.26 bits per heavy atom. The second-order valence-corrected chi connectivity index (χ2v) is 11.8. The molecule has 6 rings (SSSR count). The highest BCUT2D eigenvalue weighted by molar-refractivity contribution is 6.35. The Kier molecular flexibility index (Phi) is 5.60. The molecule has 7 nitrogen and oxygen atoms in total. The summed E-state index contributed by atoms with van der Waals surface area (Å²) in [5, 5.41) is 20.0. The van der Waals surface area contributed by atoms with Crippen molar-refractivity contribution in [1.29, 1.82) is 5.26 Å². The molecule has 2 fully saturated rings. The van der Waals surface area contributed by atoms with E-state index in [0.29, 0.717) is 50.2 Å². The van der Waals surface area contributed by atoms with E-state index < -0.39 is 6.02 Å². The van der Waals surface area contributed by atoms with E-state index in [1.165, 1.54) is 12.1 Å². The number of pyridine rings is 1. The number of nitriles is 1. The topological polar surface area (TPSA) is 88.0 Å². The van der Waals surface area contributed by atoms with Crippen LogP contribution in [0.25, 0.3) is 10.9 Å². The summed E-state index contributed by atoms with van der Waals surface area (Å²) in [6.45, 7) is 6.59. The van der Waals surface area contributed by atoms with Gasteiger partial charge in [-0.2, -0.15) is 5.26 Å². The van der Waals surface area contributed by atoms with Gasteiger partial charge in [0.05, 0.1) is 34.9 Å². The van der Waals surface area contributed by atoms with E-state index in [-0.39, 0.29) is 16.8 Å². The number of nitrogens with one attached hydrogen (secondary N) is 4. The van der Waals surface area contributed by atoms with Crippen molar-refractivity contribution in [2.45, 2.75) is 64.1 Å². The molecule has 2 heterocycles. The zero-order valence-electron chi connectivity index (χ0n) is 22.6. The highest BCUT2D eigenvalue weighted by Crippen LogP contribution is 2.53. The molecule has 0 spiro atoms. The van der Waals surface area contributed by atoms with Crippen LogP contribution in [0.2, 0.25) is 5.02 Å². The third kappa shape index (κ3) is 4.50. The maximum Gasteiger partial charge on any atom is 0.123 e. The molecule has 2 aromatic carbocycles. The van der Waals surface area contributed by atoms with Gasteiger partial charge in [-0.25, -0.2) is 4.39 Å². The van der Waals surface area contributed by atoms with E-state index in [9.17, 15) is 11.0 Å². The van der Waals surface area contributed by atoms with Gasteiger partial charge in [-0.3, -0.25) is 9.99 Å². The van der Waals surface area contributed by atoms with Crippen molar-refractivity contribution in [1.82, 2.24) is 21.0 Å². The van der Waals surface area contributed by atoms with Crippen molar-refractivity contribution >= 4 is 33.9 Å². The lowest BCUT2D eigenvalue weighted by Crippen LogP contribution is -2.38. The van der Waals surface area contributed by atoms with Crippen LogP contribution in [0.5, 0.6) is 0 Å². The molecular formula is C29H31ClFN7. The molecule has 1 aliphatic heterocycles. The Labute approximate surface area is 228 Å². The summed E-state index contributed by atoms with van der Waals surface area (Å²) in [5.41, 5.74) is 9.49. The number of hydrogen-bond donors (Lipinski definition) is 4. The first-order valence-electron chi connectivity index (χ1n) is 13.4. The van der Waals surface area contributed by atoms with Crippen LogP contribution in [0.4, 0.5) is 15.8 Å². The average Bonchev–Trinajstić information content (AvgIpc) is 3.83. The molecule has 196 valence electrons. The second kappa shape index (κ2) is 9.04. The first-order chi connectivity index (χ1) is 18.5. The molecule has 2 aliphatic carbocycles. The highest BCUT2D eigenvalue weighted by atomic mass is 35.5. The minimum Gasteiger partial charge on any atom is -0.377 e. The van der Waals surface area contributed by atoms with Gasteiger partial charge < -0.3 is 16.1 Å². The van der Waals surface area contributed by atoms with E-state index in [4.69, 9.17) is 11.6 Å². The molecule has 0 radical (unpaired) electrons. The first kappa shape index (κ1) is 23.6. The van der Waals surface area contributed by atoms with Gasteiger partial charge in [0.25, 0.3) is 0 Å². The number of anilines is 2. The maximum atomic E-state index is 13.8. The van der Waals surface area contributed by atoms with Crippen LogP contribution in [0.3, 0.4) is 0 Å². The molecule has 1 atom stereocenters. The predicted octanol–water partition coefficient (Wildman–Crippen LogP) is 6.37. The number of nitrogens with zero attached hydrogens (tertiary/aromatic N) is 3. The monoisotopic (exact) mass is 532 g/mol. The van der Waals surface area contributed by atoms with Crippen LogP contribution in [-0.4, -0.2) is 21.6 Å². The van der Waals surface area contributed by atoms with Crippen molar-refractivity contribution in [2.24, 2.45) is 5.41 Å². The zero-order chi connectivity index (χ0) is 27.6. The van der Waals surface area contributed by atoms with E-state index in [2.05, 4.69) is 53.4 Å². The van der Waals surface area contributed by atoms with Gasteiger partial charge in [-0.1, -0.05) is 44.5 Å².